The molecule has 1 fully saturated rings. The Morgan fingerprint density at radius 1 is 0.936 bits per heavy atom. The van der Waals surface area contributed by atoms with Crippen LogP contribution in [0.4, 0.5) is 18.9 Å². The van der Waals surface area contributed by atoms with Crippen LogP contribution >= 0.6 is 0 Å². The summed E-state index contributed by atoms with van der Waals surface area (Å²) in [4.78, 5) is 69.7. The van der Waals surface area contributed by atoms with Crippen LogP contribution in [0.1, 0.15) is 56.8 Å². The van der Waals surface area contributed by atoms with Gasteiger partial charge >= 0.3 is 6.18 Å². The Labute approximate surface area is 264 Å². The Bertz CT molecular complexity index is 2100. The molecule has 2 aromatic carbocycles. The van der Waals surface area contributed by atoms with Gasteiger partial charge in [-0.2, -0.15) is 13.2 Å². The van der Waals surface area contributed by atoms with Crippen LogP contribution in [-0.4, -0.2) is 67.2 Å². The molecule has 0 bridgehead atoms. The Hall–Kier alpha value is -4.78. The molecule has 252 valence electrons. The SMILES string of the molecule is CS(=O)(=O)c1ccc(C(=O)C2C(=O)CCCC2=O)c([N+](=O)[O-])c1.Cc1[nH]n(C)c(=O)c1C(=O)c1ccc(C(F)(F)F)cc1S(C)(=O)=O. The molecule has 0 aliphatic heterocycles. The number of Topliss-reactive ketones (excluding diaryl/α,β-unsaturated/α-hetero) is 3. The molecule has 1 aromatic heterocycles. The topological polar surface area (TPSA) is 217 Å². The number of hydrogen-bond acceptors (Lipinski definition) is 11. The van der Waals surface area contributed by atoms with Crippen molar-refractivity contribution >= 4 is 48.5 Å². The number of nitro groups is 1. The first-order valence-corrected chi connectivity index (χ1v) is 17.0. The van der Waals surface area contributed by atoms with Crippen LogP contribution < -0.4 is 5.56 Å². The number of rotatable bonds is 7. The second-order valence-corrected chi connectivity index (χ2v) is 14.6. The van der Waals surface area contributed by atoms with Gasteiger partial charge in [-0.1, -0.05) is 0 Å². The molecule has 0 saturated heterocycles. The quantitative estimate of drug-likeness (QED) is 0.163. The second-order valence-electron chi connectivity index (χ2n) is 10.6. The number of H-pyrrole nitrogens is 1. The van der Waals surface area contributed by atoms with Crippen LogP contribution in [0.15, 0.2) is 51.0 Å². The van der Waals surface area contributed by atoms with Gasteiger partial charge in [0, 0.05) is 49.7 Å². The van der Waals surface area contributed by atoms with Crippen molar-refractivity contribution in [3.63, 3.8) is 0 Å². The Balaban J connectivity index is 0.000000256. The van der Waals surface area contributed by atoms with Gasteiger partial charge in [-0.3, -0.25) is 43.9 Å². The fourth-order valence-electron chi connectivity index (χ4n) is 4.74. The van der Waals surface area contributed by atoms with E-state index in [1.165, 1.54) is 14.0 Å². The zero-order chi connectivity index (χ0) is 35.8. The van der Waals surface area contributed by atoms with Gasteiger partial charge in [-0.25, -0.2) is 16.8 Å². The minimum atomic E-state index is -4.76. The first-order chi connectivity index (χ1) is 21.5. The summed E-state index contributed by atoms with van der Waals surface area (Å²) in [5, 5.41) is 13.7. The fourth-order valence-corrected chi connectivity index (χ4v) is 6.28. The average Bonchev–Trinajstić information content (AvgIpc) is 3.21. The van der Waals surface area contributed by atoms with E-state index in [4.69, 9.17) is 0 Å². The summed E-state index contributed by atoms with van der Waals surface area (Å²) in [6, 6.07) is 4.57. The first kappa shape index (κ1) is 36.7. The minimum absolute atomic E-state index is 0.0668. The molecule has 0 atom stereocenters. The number of benzene rings is 2. The van der Waals surface area contributed by atoms with Gasteiger partial charge in [0.2, 0.25) is 5.78 Å². The molecule has 0 unspecified atom stereocenters. The number of aryl methyl sites for hydroxylation is 2. The van der Waals surface area contributed by atoms with Crippen molar-refractivity contribution in [3.8, 4) is 0 Å². The number of nitrogens with zero attached hydrogens (tertiary/aromatic N) is 2. The first-order valence-electron chi connectivity index (χ1n) is 13.3. The maximum atomic E-state index is 12.8. The molecule has 0 spiro atoms. The van der Waals surface area contributed by atoms with Gasteiger partial charge in [0.1, 0.15) is 11.5 Å². The molecule has 0 radical (unpaired) electrons. The summed E-state index contributed by atoms with van der Waals surface area (Å²) >= 11 is 0. The van der Waals surface area contributed by atoms with Crippen LogP contribution in [-0.2, 0) is 42.5 Å². The molecule has 1 saturated carbocycles. The molecule has 1 aliphatic rings. The van der Waals surface area contributed by atoms with Crippen molar-refractivity contribution < 1.29 is 54.1 Å². The van der Waals surface area contributed by atoms with Crippen molar-refractivity contribution in [1.82, 2.24) is 9.78 Å². The van der Waals surface area contributed by atoms with Crippen LogP contribution in [0.25, 0.3) is 0 Å². The number of alkyl halides is 3. The standard InChI is InChI=1S/C14H13F3N2O4S.C14H13NO7S/c1-7-11(13(21)19(2)18-7)12(20)9-5-4-8(14(15,16)17)6-10(9)24(3,22)23;1-23(21,22)8-5-6-9(10(7-8)15(19)20)14(18)13-11(16)3-2-4-12(13)17/h4-6,18H,1-3H3;5-7,13H,2-4H2,1H3. The number of carbonyl (C=O) groups is 4. The molecule has 19 heteroatoms. The lowest BCUT2D eigenvalue weighted by Gasteiger charge is -2.18. The largest absolute Gasteiger partial charge is 0.416 e. The summed E-state index contributed by atoms with van der Waals surface area (Å²) in [6.07, 6.45) is -2.70. The average molecular weight is 702 g/mol. The predicted molar refractivity (Wildman–Crippen MR) is 157 cm³/mol. The van der Waals surface area contributed by atoms with E-state index in [0.717, 1.165) is 35.2 Å². The van der Waals surface area contributed by atoms with Crippen LogP contribution in [0.2, 0.25) is 0 Å². The summed E-state index contributed by atoms with van der Waals surface area (Å²) in [5.74, 6) is -4.57. The maximum absolute atomic E-state index is 12.8. The van der Waals surface area contributed by atoms with Crippen molar-refractivity contribution in [2.24, 2.45) is 13.0 Å². The molecule has 3 aromatic rings. The van der Waals surface area contributed by atoms with Crippen LogP contribution in [0.3, 0.4) is 0 Å². The highest BCUT2D eigenvalue weighted by Crippen LogP contribution is 2.33. The highest BCUT2D eigenvalue weighted by molar-refractivity contribution is 7.91. The third-order valence-corrected chi connectivity index (χ3v) is 9.27. The van der Waals surface area contributed by atoms with Gasteiger partial charge < -0.3 is 0 Å². The van der Waals surface area contributed by atoms with E-state index in [1.807, 2.05) is 0 Å². The number of aromatic amines is 1. The maximum Gasteiger partial charge on any atom is 0.416 e. The summed E-state index contributed by atoms with van der Waals surface area (Å²) in [6.45, 7) is 1.43. The number of ketones is 4. The molecule has 14 nitrogen and oxygen atoms in total. The van der Waals surface area contributed by atoms with Crippen LogP contribution in [0, 0.1) is 23.0 Å². The minimum Gasteiger partial charge on any atom is -0.299 e. The van der Waals surface area contributed by atoms with E-state index in [0.29, 0.717) is 24.8 Å². The van der Waals surface area contributed by atoms with Crippen molar-refractivity contribution in [2.75, 3.05) is 12.5 Å². The lowest BCUT2D eigenvalue weighted by molar-refractivity contribution is -0.385. The lowest BCUT2D eigenvalue weighted by atomic mass is 9.81. The molecule has 1 aliphatic carbocycles. The lowest BCUT2D eigenvalue weighted by Crippen LogP contribution is -2.35. The molecular formula is C28H26F3N3O11S2. The number of nitro benzene ring substituents is 1. The third-order valence-electron chi connectivity index (χ3n) is 7.02. The van der Waals surface area contributed by atoms with E-state index in [9.17, 15) is 64.1 Å². The normalized spacial score (nSPS) is 14.4. The molecular weight excluding hydrogens is 675 g/mol. The molecule has 47 heavy (non-hydrogen) atoms. The summed E-state index contributed by atoms with van der Waals surface area (Å²) in [7, 11) is -6.47. The number of aromatic nitrogens is 2. The molecule has 4 rings (SSSR count). The van der Waals surface area contributed by atoms with E-state index >= 15 is 0 Å². The summed E-state index contributed by atoms with van der Waals surface area (Å²) < 4.78 is 86.1. The van der Waals surface area contributed by atoms with E-state index < -0.39 is 92.7 Å². The monoisotopic (exact) mass is 701 g/mol. The Kier molecular flexibility index (Phi) is 10.3. The number of sulfone groups is 2. The highest BCUT2D eigenvalue weighted by atomic mass is 32.2. The van der Waals surface area contributed by atoms with Gasteiger partial charge in [0.05, 0.1) is 25.8 Å². The van der Waals surface area contributed by atoms with Gasteiger partial charge in [0.25, 0.3) is 11.2 Å². The zero-order valence-electron chi connectivity index (χ0n) is 25.0. The number of hydrogen-bond donors (Lipinski definition) is 1. The molecule has 1 heterocycles. The van der Waals surface area contributed by atoms with Gasteiger partial charge in [-0.05, 0) is 43.7 Å². The smallest absolute Gasteiger partial charge is 0.299 e. The van der Waals surface area contributed by atoms with E-state index in [1.54, 1.807) is 0 Å². The molecule has 0 amide bonds. The Morgan fingerprint density at radius 2 is 1.49 bits per heavy atom. The van der Waals surface area contributed by atoms with Crippen molar-refractivity contribution in [1.29, 1.82) is 0 Å². The van der Waals surface area contributed by atoms with Crippen molar-refractivity contribution in [2.45, 2.75) is 42.2 Å². The van der Waals surface area contributed by atoms with Gasteiger partial charge in [0.15, 0.2) is 37.0 Å². The van der Waals surface area contributed by atoms with Gasteiger partial charge in [-0.15, -0.1) is 0 Å². The number of halogens is 3. The predicted octanol–water partition coefficient (Wildman–Crippen LogP) is 2.79. The summed E-state index contributed by atoms with van der Waals surface area (Å²) in [5.41, 5.74) is -3.67. The third kappa shape index (κ3) is 7.97. The molecule has 1 N–H and O–H groups in total. The fraction of sp³-hybridized carbons (Fsp3) is 0.321. The van der Waals surface area contributed by atoms with E-state index in [2.05, 4.69) is 5.10 Å². The second kappa shape index (κ2) is 13.1. The van der Waals surface area contributed by atoms with E-state index in [-0.39, 0.29) is 29.0 Å². The zero-order valence-corrected chi connectivity index (χ0v) is 26.6. The van der Waals surface area contributed by atoms with Crippen LogP contribution in [0.5, 0.6) is 0 Å². The number of nitrogens with one attached hydrogen (secondary N) is 1. The Morgan fingerprint density at radius 3 is 1.94 bits per heavy atom. The number of carbonyl (C=O) groups excluding carboxylic acids is 4. The highest BCUT2D eigenvalue weighted by Gasteiger charge is 2.39. The van der Waals surface area contributed by atoms with Crippen molar-refractivity contribution in [3.05, 3.63) is 84.8 Å².